The number of ether oxygens (including phenoxy) is 1. The second-order valence-corrected chi connectivity index (χ2v) is 9.05. The molecule has 4 rings (SSSR count). The molecule has 1 fully saturated rings. The first-order chi connectivity index (χ1) is 15.4. The van der Waals surface area contributed by atoms with Crippen LogP contribution in [0.1, 0.15) is 32.1 Å². The Morgan fingerprint density at radius 3 is 2.75 bits per heavy atom. The minimum absolute atomic E-state index is 0.0194. The normalized spacial score (nSPS) is 18.4. The first kappa shape index (κ1) is 22.0. The summed E-state index contributed by atoms with van der Waals surface area (Å²) in [5, 5.41) is 16.0. The highest BCUT2D eigenvalue weighted by Crippen LogP contribution is 2.28. The molecule has 3 heterocycles. The summed E-state index contributed by atoms with van der Waals surface area (Å²) in [5.74, 6) is 1.33. The van der Waals surface area contributed by atoms with Gasteiger partial charge in [-0.25, -0.2) is 4.68 Å². The molecule has 0 spiro atoms. The van der Waals surface area contributed by atoms with E-state index in [-0.39, 0.29) is 30.2 Å². The van der Waals surface area contributed by atoms with Crippen LogP contribution in [-0.2, 0) is 16.0 Å². The Morgan fingerprint density at radius 2 is 2.09 bits per heavy atom. The Kier molecular flexibility index (Phi) is 6.57. The quantitative estimate of drug-likeness (QED) is 0.510. The summed E-state index contributed by atoms with van der Waals surface area (Å²) in [4.78, 5) is 26.1. The van der Waals surface area contributed by atoms with Gasteiger partial charge in [0.2, 0.25) is 11.8 Å². The van der Waals surface area contributed by atoms with Gasteiger partial charge in [0.1, 0.15) is 17.3 Å². The third-order valence-electron chi connectivity index (χ3n) is 5.42. The predicted octanol–water partition coefficient (Wildman–Crippen LogP) is 3.39. The van der Waals surface area contributed by atoms with E-state index in [0.29, 0.717) is 12.2 Å². The van der Waals surface area contributed by atoms with E-state index in [2.05, 4.69) is 29.8 Å². The Labute approximate surface area is 191 Å². The van der Waals surface area contributed by atoms with E-state index in [1.54, 1.807) is 23.1 Å². The lowest BCUT2D eigenvalue weighted by Crippen LogP contribution is -2.55. The Hall–Kier alpha value is -3.17. The zero-order valence-corrected chi connectivity index (χ0v) is 19.1. The topological polar surface area (TPSA) is 97.3 Å². The van der Waals surface area contributed by atoms with Gasteiger partial charge in [0.15, 0.2) is 6.29 Å². The number of nitrogens with one attached hydrogen (secondary N) is 3. The van der Waals surface area contributed by atoms with Crippen molar-refractivity contribution in [3.63, 3.8) is 0 Å². The Balaban J connectivity index is 1.58. The molecule has 32 heavy (non-hydrogen) atoms. The summed E-state index contributed by atoms with van der Waals surface area (Å²) in [6, 6.07) is 13.2. The van der Waals surface area contributed by atoms with Gasteiger partial charge < -0.3 is 15.4 Å². The molecular formula is C23H27N5O3S. The number of hydrogen-bond donors (Lipinski definition) is 3. The van der Waals surface area contributed by atoms with Crippen molar-refractivity contribution in [1.82, 2.24) is 20.4 Å². The van der Waals surface area contributed by atoms with Gasteiger partial charge in [-0.15, -0.1) is 11.3 Å². The Bertz CT molecular complexity index is 1080. The van der Waals surface area contributed by atoms with Crippen molar-refractivity contribution in [2.24, 2.45) is 5.92 Å². The minimum Gasteiger partial charge on any atom is -0.497 e. The van der Waals surface area contributed by atoms with Gasteiger partial charge in [0.05, 0.1) is 18.4 Å². The minimum atomic E-state index is -0.548. The summed E-state index contributed by atoms with van der Waals surface area (Å²) in [7, 11) is 1.61. The zero-order valence-electron chi connectivity index (χ0n) is 18.3. The second kappa shape index (κ2) is 9.54. The largest absolute Gasteiger partial charge is 0.497 e. The average Bonchev–Trinajstić information content (AvgIpc) is 3.44. The lowest BCUT2D eigenvalue weighted by molar-refractivity contribution is -0.126. The fourth-order valence-corrected chi connectivity index (χ4v) is 4.30. The average molecular weight is 454 g/mol. The van der Waals surface area contributed by atoms with Crippen LogP contribution in [0.15, 0.2) is 47.8 Å². The monoisotopic (exact) mass is 453 g/mol. The molecule has 1 saturated heterocycles. The van der Waals surface area contributed by atoms with E-state index in [0.717, 1.165) is 21.9 Å². The number of carbonyl (C=O) groups excluding carboxylic acids is 2. The molecule has 168 valence electrons. The number of nitrogens with zero attached hydrogens (tertiary/aromatic N) is 2. The molecule has 1 aliphatic heterocycles. The fraction of sp³-hybridized carbons (Fsp3) is 0.348. The smallest absolute Gasteiger partial charge is 0.229 e. The third kappa shape index (κ3) is 5.00. The van der Waals surface area contributed by atoms with Gasteiger partial charge in [0.25, 0.3) is 0 Å². The van der Waals surface area contributed by atoms with Crippen molar-refractivity contribution in [3.05, 3.63) is 53.4 Å². The van der Waals surface area contributed by atoms with Gasteiger partial charge >= 0.3 is 0 Å². The molecule has 8 nitrogen and oxygen atoms in total. The highest BCUT2D eigenvalue weighted by atomic mass is 32.1. The van der Waals surface area contributed by atoms with Gasteiger partial charge in [0, 0.05) is 18.5 Å². The molecule has 2 unspecified atom stereocenters. The second-order valence-electron chi connectivity index (χ2n) is 8.10. The number of amides is 2. The van der Waals surface area contributed by atoms with E-state index in [9.17, 15) is 9.59 Å². The van der Waals surface area contributed by atoms with Crippen molar-refractivity contribution >= 4 is 29.0 Å². The zero-order chi connectivity index (χ0) is 22.7. The van der Waals surface area contributed by atoms with Crippen molar-refractivity contribution < 1.29 is 14.3 Å². The lowest BCUT2D eigenvalue weighted by atomic mass is 9.99. The van der Waals surface area contributed by atoms with Crippen molar-refractivity contribution in [3.8, 4) is 16.3 Å². The van der Waals surface area contributed by atoms with Crippen molar-refractivity contribution in [1.29, 1.82) is 0 Å². The summed E-state index contributed by atoms with van der Waals surface area (Å²) >= 11 is 1.57. The van der Waals surface area contributed by atoms with Crippen LogP contribution in [0.5, 0.6) is 5.75 Å². The molecular weight excluding hydrogens is 426 g/mol. The van der Waals surface area contributed by atoms with Crippen molar-refractivity contribution in [2.75, 3.05) is 12.4 Å². The fourth-order valence-electron chi connectivity index (χ4n) is 3.62. The Morgan fingerprint density at radius 1 is 1.31 bits per heavy atom. The number of benzene rings is 1. The molecule has 2 atom stereocenters. The van der Waals surface area contributed by atoms with Crippen molar-refractivity contribution in [2.45, 2.75) is 39.0 Å². The number of carbonyl (C=O) groups is 2. The molecule has 3 aromatic rings. The van der Waals surface area contributed by atoms with Crippen LogP contribution in [-0.4, -0.2) is 34.7 Å². The SMILES string of the molecule is COc1ccc(CC(=O)Nc2cc(-c3cccs3)nn2C2NC(=O)CC(C(C)C)N2)cc1. The predicted molar refractivity (Wildman–Crippen MR) is 124 cm³/mol. The number of thiophene rings is 1. The van der Waals surface area contributed by atoms with Gasteiger partial charge in [-0.3, -0.25) is 14.9 Å². The highest BCUT2D eigenvalue weighted by molar-refractivity contribution is 7.13. The molecule has 1 aromatic carbocycles. The van der Waals surface area contributed by atoms with Gasteiger partial charge in [-0.1, -0.05) is 32.0 Å². The maximum Gasteiger partial charge on any atom is 0.229 e. The summed E-state index contributed by atoms with van der Waals surface area (Å²) in [6.07, 6.45) is 0.0725. The molecule has 0 saturated carbocycles. The van der Waals surface area contributed by atoms with Crippen LogP contribution < -0.4 is 20.7 Å². The maximum absolute atomic E-state index is 12.8. The van der Waals surface area contributed by atoms with Crippen LogP contribution >= 0.6 is 11.3 Å². The van der Waals surface area contributed by atoms with Crippen LogP contribution in [0.25, 0.3) is 10.6 Å². The molecule has 0 bridgehead atoms. The van der Waals surface area contributed by atoms with E-state index in [4.69, 9.17) is 9.84 Å². The number of methoxy groups -OCH3 is 1. The van der Waals surface area contributed by atoms with Crippen LogP contribution in [0, 0.1) is 5.92 Å². The molecule has 2 aromatic heterocycles. The lowest BCUT2D eigenvalue weighted by Gasteiger charge is -2.34. The standard InChI is InChI=1S/C23H27N5O3S/c1-14(2)17-13-22(30)26-23(24-17)28-20(12-18(27-28)19-5-4-10-32-19)25-21(29)11-15-6-8-16(31-3)9-7-15/h4-10,12,14,17,23-24H,11,13H2,1-3H3,(H,25,29)(H,26,30). The van der Waals surface area contributed by atoms with Gasteiger partial charge in [-0.05, 0) is 35.1 Å². The van der Waals surface area contributed by atoms with E-state index >= 15 is 0 Å². The van der Waals surface area contributed by atoms with Gasteiger partial charge in [-0.2, -0.15) is 5.10 Å². The summed E-state index contributed by atoms with van der Waals surface area (Å²) < 4.78 is 6.82. The van der Waals surface area contributed by atoms with E-state index in [1.807, 2.05) is 47.8 Å². The summed E-state index contributed by atoms with van der Waals surface area (Å²) in [5.41, 5.74) is 1.61. The molecule has 3 N–H and O–H groups in total. The van der Waals surface area contributed by atoms with Crippen LogP contribution in [0.2, 0.25) is 0 Å². The first-order valence-electron chi connectivity index (χ1n) is 10.5. The van der Waals surface area contributed by atoms with E-state index < -0.39 is 6.29 Å². The number of aromatic nitrogens is 2. The number of anilines is 1. The maximum atomic E-state index is 12.8. The number of hydrogen-bond acceptors (Lipinski definition) is 6. The van der Waals surface area contributed by atoms with E-state index in [1.165, 1.54) is 0 Å². The number of rotatable bonds is 7. The third-order valence-corrected chi connectivity index (χ3v) is 6.32. The highest BCUT2D eigenvalue weighted by Gasteiger charge is 2.31. The summed E-state index contributed by atoms with van der Waals surface area (Å²) in [6.45, 7) is 4.15. The first-order valence-corrected chi connectivity index (χ1v) is 11.4. The van der Waals surface area contributed by atoms with Crippen LogP contribution in [0.4, 0.5) is 5.82 Å². The van der Waals surface area contributed by atoms with Crippen LogP contribution in [0.3, 0.4) is 0 Å². The molecule has 0 aliphatic carbocycles. The molecule has 1 aliphatic rings. The molecule has 0 radical (unpaired) electrons. The molecule has 2 amide bonds. The molecule has 9 heteroatoms.